The van der Waals surface area contributed by atoms with E-state index in [1.807, 2.05) is 0 Å². The molecule has 2 aromatic carbocycles. The molecule has 4 atom stereocenters. The fourth-order valence-electron chi connectivity index (χ4n) is 5.85. The summed E-state index contributed by atoms with van der Waals surface area (Å²) >= 11 is 12.9. The summed E-state index contributed by atoms with van der Waals surface area (Å²) in [7, 11) is -3.66. The summed E-state index contributed by atoms with van der Waals surface area (Å²) in [5.74, 6) is -5.82. The molecule has 1 saturated carbocycles. The third-order valence-electron chi connectivity index (χ3n) is 7.61. The highest BCUT2D eigenvalue weighted by molar-refractivity contribution is 7.88. The second-order valence-electron chi connectivity index (χ2n) is 10.7. The van der Waals surface area contributed by atoms with E-state index in [2.05, 4.69) is 15.2 Å². The van der Waals surface area contributed by atoms with Gasteiger partial charge in [-0.05, 0) is 54.3 Å². The lowest BCUT2D eigenvalue weighted by molar-refractivity contribution is -0.126. The molecule has 0 bridgehead atoms. The first-order chi connectivity index (χ1) is 20.8. The Labute approximate surface area is 264 Å². The Hall–Kier alpha value is -3.32. The number of nitrogens with one attached hydrogen (secondary N) is 2. The molecule has 1 heterocycles. The van der Waals surface area contributed by atoms with E-state index in [9.17, 15) is 26.8 Å². The van der Waals surface area contributed by atoms with Gasteiger partial charge < -0.3 is 15.4 Å². The van der Waals surface area contributed by atoms with E-state index in [4.69, 9.17) is 28.4 Å². The van der Waals surface area contributed by atoms with Gasteiger partial charge in [-0.15, -0.1) is 0 Å². The number of oxime groups is 1. The number of carbonyl (C=O) groups excluding carboxylic acids is 2. The van der Waals surface area contributed by atoms with Gasteiger partial charge in [-0.1, -0.05) is 77.6 Å². The SMILES string of the molecule is CS(=O)(=O)N[C@H]1CCCC[C@@H]1N1C(=O)c2ccccc2[C@@H](C(=O)NCC(F)(F)/C=C/C=C\C=N\O)[C@@H]1c1ccc(Cl)cc1Cl. The zero-order valence-electron chi connectivity index (χ0n) is 23.7. The predicted molar refractivity (Wildman–Crippen MR) is 165 cm³/mol. The lowest BCUT2D eigenvalue weighted by Gasteiger charge is -2.49. The Bertz CT molecular complexity index is 1580. The number of amides is 2. The van der Waals surface area contributed by atoms with Crippen LogP contribution in [0.2, 0.25) is 10.0 Å². The molecule has 0 spiro atoms. The number of benzene rings is 2. The number of halogens is 4. The molecule has 236 valence electrons. The van der Waals surface area contributed by atoms with Crippen LogP contribution in [0.5, 0.6) is 0 Å². The molecule has 3 N–H and O–H groups in total. The molecule has 9 nitrogen and oxygen atoms in total. The zero-order chi connectivity index (χ0) is 32.1. The van der Waals surface area contributed by atoms with Crippen molar-refractivity contribution in [3.63, 3.8) is 0 Å². The van der Waals surface area contributed by atoms with E-state index in [1.54, 1.807) is 36.4 Å². The molecule has 2 aromatic rings. The Kier molecular flexibility index (Phi) is 10.8. The standard InChI is InChI=1S/C30H32Cl2F2N4O5S/c1-44(42,43)37-24-11-5-6-12-25(24)38-27(22-14-13-19(31)17-23(22)32)26(20-9-3-4-10-21(20)29(38)40)28(39)35-18-30(33,34)15-7-2-8-16-36-41/h2-4,7-10,13-17,24-27,37,41H,5-6,11-12,18H2,1H3,(H,35,39)/b8-2-,15-7+,36-16+/t24-,25-,26+,27-/m0/s1. The maximum Gasteiger partial charge on any atom is 0.283 e. The van der Waals surface area contributed by atoms with Crippen LogP contribution < -0.4 is 10.0 Å². The Morgan fingerprint density at radius 1 is 1.11 bits per heavy atom. The van der Waals surface area contributed by atoms with Crippen molar-refractivity contribution in [1.82, 2.24) is 14.9 Å². The fourth-order valence-corrected chi connectivity index (χ4v) is 7.20. The normalized spacial score (nSPS) is 23.0. The van der Waals surface area contributed by atoms with E-state index in [0.717, 1.165) is 25.0 Å². The van der Waals surface area contributed by atoms with Gasteiger partial charge in [0.25, 0.3) is 11.8 Å². The minimum Gasteiger partial charge on any atom is -0.411 e. The molecule has 2 aliphatic rings. The second-order valence-corrected chi connectivity index (χ2v) is 13.3. The highest BCUT2D eigenvalue weighted by Gasteiger charge is 2.49. The fraction of sp³-hybridized carbons (Fsp3) is 0.367. The van der Waals surface area contributed by atoms with Crippen LogP contribution in [0.1, 0.15) is 59.1 Å². The first-order valence-corrected chi connectivity index (χ1v) is 16.5. The highest BCUT2D eigenvalue weighted by atomic mass is 35.5. The van der Waals surface area contributed by atoms with E-state index >= 15 is 0 Å². The van der Waals surface area contributed by atoms with Gasteiger partial charge in [-0.3, -0.25) is 9.59 Å². The second kappa shape index (κ2) is 14.2. The number of fused-ring (bicyclic) bond motifs is 1. The van der Waals surface area contributed by atoms with Crippen molar-refractivity contribution in [2.45, 2.75) is 55.6 Å². The van der Waals surface area contributed by atoms with Crippen molar-refractivity contribution >= 4 is 51.3 Å². The highest BCUT2D eigenvalue weighted by Crippen LogP contribution is 2.48. The van der Waals surface area contributed by atoms with E-state index in [1.165, 1.54) is 23.1 Å². The third kappa shape index (κ3) is 8.03. The topological polar surface area (TPSA) is 128 Å². The molecule has 14 heteroatoms. The Morgan fingerprint density at radius 3 is 2.55 bits per heavy atom. The summed E-state index contributed by atoms with van der Waals surface area (Å²) in [6.45, 7) is -1.04. The summed E-state index contributed by atoms with van der Waals surface area (Å²) < 4.78 is 56.8. The van der Waals surface area contributed by atoms with E-state index in [0.29, 0.717) is 41.5 Å². The average Bonchev–Trinajstić information content (AvgIpc) is 2.96. The first kappa shape index (κ1) is 33.6. The smallest absolute Gasteiger partial charge is 0.283 e. The Balaban J connectivity index is 1.81. The quantitative estimate of drug-likeness (QED) is 0.134. The van der Waals surface area contributed by atoms with Crippen LogP contribution in [0.4, 0.5) is 8.78 Å². The zero-order valence-corrected chi connectivity index (χ0v) is 26.0. The van der Waals surface area contributed by atoms with Gasteiger partial charge in [0, 0.05) is 27.7 Å². The molecule has 1 aliphatic heterocycles. The number of rotatable bonds is 10. The number of alkyl halides is 2. The van der Waals surface area contributed by atoms with Crippen molar-refractivity contribution in [2.24, 2.45) is 5.16 Å². The number of sulfonamides is 1. The molecular formula is C30H32Cl2F2N4O5S. The van der Waals surface area contributed by atoms with Crippen LogP contribution >= 0.6 is 23.2 Å². The monoisotopic (exact) mass is 668 g/mol. The van der Waals surface area contributed by atoms with Gasteiger partial charge in [0.05, 0.1) is 31.0 Å². The first-order valence-electron chi connectivity index (χ1n) is 13.8. The summed E-state index contributed by atoms with van der Waals surface area (Å²) in [6.07, 6.45) is 8.49. The number of carbonyl (C=O) groups is 2. The lowest BCUT2D eigenvalue weighted by atomic mass is 9.76. The van der Waals surface area contributed by atoms with Crippen LogP contribution in [0, 0.1) is 0 Å². The third-order valence-corrected chi connectivity index (χ3v) is 8.90. The van der Waals surface area contributed by atoms with Crippen LogP contribution in [0.15, 0.2) is 71.9 Å². The maximum atomic E-state index is 14.7. The molecule has 0 saturated heterocycles. The van der Waals surface area contributed by atoms with Gasteiger partial charge in [-0.2, -0.15) is 0 Å². The largest absolute Gasteiger partial charge is 0.411 e. The van der Waals surface area contributed by atoms with Crippen LogP contribution in [-0.2, 0) is 14.8 Å². The summed E-state index contributed by atoms with van der Waals surface area (Å²) in [5, 5.41) is 14.0. The molecule has 0 aromatic heterocycles. The van der Waals surface area contributed by atoms with Crippen LogP contribution in [-0.4, -0.2) is 67.4 Å². The number of hydrogen-bond acceptors (Lipinski definition) is 6. The summed E-state index contributed by atoms with van der Waals surface area (Å²) in [5.41, 5.74) is 0.904. The van der Waals surface area contributed by atoms with Gasteiger partial charge in [0.1, 0.15) is 0 Å². The predicted octanol–water partition coefficient (Wildman–Crippen LogP) is 5.46. The molecule has 1 aliphatic carbocycles. The van der Waals surface area contributed by atoms with Crippen LogP contribution in [0.25, 0.3) is 0 Å². The van der Waals surface area contributed by atoms with Gasteiger partial charge in [0.15, 0.2) is 0 Å². The Morgan fingerprint density at radius 2 is 1.84 bits per heavy atom. The average molecular weight is 670 g/mol. The molecule has 0 radical (unpaired) electrons. The summed E-state index contributed by atoms with van der Waals surface area (Å²) in [4.78, 5) is 29.7. The van der Waals surface area contributed by atoms with Gasteiger partial charge >= 0.3 is 0 Å². The molecule has 0 unspecified atom stereocenters. The van der Waals surface area contributed by atoms with E-state index in [-0.39, 0.29) is 10.6 Å². The molecule has 44 heavy (non-hydrogen) atoms. The molecule has 1 fully saturated rings. The lowest BCUT2D eigenvalue weighted by Crippen LogP contribution is -2.59. The van der Waals surface area contributed by atoms with Crippen molar-refractivity contribution in [3.05, 3.63) is 93.5 Å². The summed E-state index contributed by atoms with van der Waals surface area (Å²) in [6, 6.07) is 8.69. The number of nitrogens with zero attached hydrogens (tertiary/aromatic N) is 2. The molecular weight excluding hydrogens is 637 g/mol. The minimum atomic E-state index is -3.66. The minimum absolute atomic E-state index is 0.160. The van der Waals surface area contributed by atoms with Crippen molar-refractivity contribution in [2.75, 3.05) is 12.8 Å². The number of hydrogen-bond donors (Lipinski definition) is 3. The van der Waals surface area contributed by atoms with Crippen molar-refractivity contribution in [1.29, 1.82) is 0 Å². The molecule has 2 amide bonds. The van der Waals surface area contributed by atoms with Crippen molar-refractivity contribution in [3.8, 4) is 0 Å². The van der Waals surface area contributed by atoms with Crippen LogP contribution in [0.3, 0.4) is 0 Å². The van der Waals surface area contributed by atoms with E-state index < -0.39 is 58.3 Å². The van der Waals surface area contributed by atoms with Gasteiger partial charge in [0.2, 0.25) is 15.9 Å². The molecule has 4 rings (SSSR count). The maximum absolute atomic E-state index is 14.7. The van der Waals surface area contributed by atoms with Gasteiger partial charge in [-0.25, -0.2) is 21.9 Å². The van der Waals surface area contributed by atoms with Crippen molar-refractivity contribution < 1.29 is 32.0 Å². The number of allylic oxidation sites excluding steroid dienone is 3.